The topological polar surface area (TPSA) is 84.3 Å². The summed E-state index contributed by atoms with van der Waals surface area (Å²) in [6.07, 6.45) is 3.63. The highest BCUT2D eigenvalue weighted by atomic mass is 16.6. The molecule has 1 aliphatic carbocycles. The van der Waals surface area contributed by atoms with Crippen LogP contribution in [-0.2, 0) is 10.2 Å². The van der Waals surface area contributed by atoms with Crippen LogP contribution in [0, 0.1) is 5.41 Å². The van der Waals surface area contributed by atoms with Gasteiger partial charge in [-0.3, -0.25) is 5.32 Å². The van der Waals surface area contributed by atoms with Gasteiger partial charge in [0.15, 0.2) is 0 Å². The molecule has 0 aliphatic heterocycles. The first kappa shape index (κ1) is 15.7. The van der Waals surface area contributed by atoms with Crippen LogP contribution in [0.15, 0.2) is 12.4 Å². The normalized spacial score (nSPS) is 23.5. The summed E-state index contributed by atoms with van der Waals surface area (Å²) in [6, 6.07) is 0. The van der Waals surface area contributed by atoms with Crippen molar-refractivity contribution in [3.05, 3.63) is 18.0 Å². The van der Waals surface area contributed by atoms with Gasteiger partial charge in [-0.25, -0.2) is 14.8 Å². The zero-order valence-corrected chi connectivity index (χ0v) is 13.2. The molecule has 2 rings (SSSR count). The van der Waals surface area contributed by atoms with E-state index in [1.165, 1.54) is 0 Å². The molecule has 1 aromatic rings. The summed E-state index contributed by atoms with van der Waals surface area (Å²) in [5, 5.41) is 12.1. The maximum absolute atomic E-state index is 11.6. The molecule has 1 aliphatic rings. The van der Waals surface area contributed by atoms with Crippen molar-refractivity contribution in [3.8, 4) is 0 Å². The maximum Gasteiger partial charge on any atom is 0.414 e. The first-order valence-corrected chi connectivity index (χ1v) is 7.03. The molecule has 0 saturated heterocycles. The summed E-state index contributed by atoms with van der Waals surface area (Å²) < 4.78 is 5.14. The summed E-state index contributed by atoms with van der Waals surface area (Å²) >= 11 is 0. The summed E-state index contributed by atoms with van der Waals surface area (Å²) in [6.45, 7) is 9.65. The summed E-state index contributed by atoms with van der Waals surface area (Å²) in [4.78, 5) is 19.9. The number of carbonyl (C=O) groups excluding carboxylic acids is 1. The van der Waals surface area contributed by atoms with Crippen molar-refractivity contribution in [1.29, 1.82) is 0 Å². The van der Waals surface area contributed by atoms with E-state index in [0.717, 1.165) is 12.0 Å². The lowest BCUT2D eigenvalue weighted by Gasteiger charge is -2.20. The summed E-state index contributed by atoms with van der Waals surface area (Å²) in [5.74, 6) is 0.194. The van der Waals surface area contributed by atoms with E-state index < -0.39 is 11.7 Å². The number of rotatable bonds is 3. The number of aliphatic hydroxyl groups excluding tert-OH is 1. The summed E-state index contributed by atoms with van der Waals surface area (Å²) in [5.41, 5.74) is 0.107. The van der Waals surface area contributed by atoms with Crippen molar-refractivity contribution in [3.63, 3.8) is 0 Å². The number of anilines is 1. The minimum atomic E-state index is -0.584. The van der Waals surface area contributed by atoms with Gasteiger partial charge >= 0.3 is 6.09 Å². The number of nitrogens with zero attached hydrogens (tertiary/aromatic N) is 2. The van der Waals surface area contributed by atoms with E-state index >= 15 is 0 Å². The average Bonchev–Trinajstić information content (AvgIpc) is 2.91. The van der Waals surface area contributed by atoms with Crippen LogP contribution in [0.3, 0.4) is 0 Å². The highest BCUT2D eigenvalue weighted by molar-refractivity contribution is 5.82. The SMILES string of the molecule is CC(C)(C)OC(=O)Nc1ncc(C2(CO)CC2(C)C)cn1. The van der Waals surface area contributed by atoms with Gasteiger partial charge in [-0.05, 0) is 38.2 Å². The Hall–Kier alpha value is -1.69. The molecule has 1 atom stereocenters. The van der Waals surface area contributed by atoms with Crippen molar-refractivity contribution in [2.24, 2.45) is 5.41 Å². The molecule has 0 radical (unpaired) electrons. The molecular formula is C15H23N3O3. The number of hydrogen-bond acceptors (Lipinski definition) is 5. The van der Waals surface area contributed by atoms with E-state index in [9.17, 15) is 9.90 Å². The van der Waals surface area contributed by atoms with Crippen molar-refractivity contribution in [2.45, 2.75) is 52.1 Å². The highest BCUT2D eigenvalue weighted by Crippen LogP contribution is 2.63. The number of aliphatic hydroxyl groups is 1. The lowest BCUT2D eigenvalue weighted by molar-refractivity contribution is 0.0634. The number of amides is 1. The molecule has 1 unspecified atom stereocenters. The fourth-order valence-corrected chi connectivity index (χ4v) is 2.60. The smallest absolute Gasteiger partial charge is 0.414 e. The van der Waals surface area contributed by atoms with Gasteiger partial charge in [-0.2, -0.15) is 0 Å². The van der Waals surface area contributed by atoms with Crippen LogP contribution in [0.2, 0.25) is 0 Å². The second-order valence-corrected chi connectivity index (χ2v) is 7.22. The Morgan fingerprint density at radius 1 is 1.38 bits per heavy atom. The van der Waals surface area contributed by atoms with Crippen molar-refractivity contribution in [2.75, 3.05) is 11.9 Å². The molecule has 21 heavy (non-hydrogen) atoms. The minimum Gasteiger partial charge on any atom is -0.444 e. The summed E-state index contributed by atoms with van der Waals surface area (Å²) in [7, 11) is 0. The van der Waals surface area contributed by atoms with E-state index in [1.54, 1.807) is 33.2 Å². The van der Waals surface area contributed by atoms with Crippen LogP contribution in [0.25, 0.3) is 0 Å². The monoisotopic (exact) mass is 293 g/mol. The van der Waals surface area contributed by atoms with Gasteiger partial charge in [-0.15, -0.1) is 0 Å². The molecule has 2 N–H and O–H groups in total. The van der Waals surface area contributed by atoms with Crippen molar-refractivity contribution >= 4 is 12.0 Å². The molecule has 0 spiro atoms. The van der Waals surface area contributed by atoms with Gasteiger partial charge in [0, 0.05) is 17.8 Å². The first-order chi connectivity index (χ1) is 9.60. The highest BCUT2D eigenvalue weighted by Gasteiger charge is 2.62. The fourth-order valence-electron chi connectivity index (χ4n) is 2.60. The lowest BCUT2D eigenvalue weighted by atomic mass is 9.91. The van der Waals surface area contributed by atoms with E-state index in [0.29, 0.717) is 0 Å². The Balaban J connectivity index is 2.05. The number of ether oxygens (including phenoxy) is 1. The van der Waals surface area contributed by atoms with Crippen LogP contribution in [0.5, 0.6) is 0 Å². The molecule has 0 aromatic carbocycles. The molecule has 116 valence electrons. The second kappa shape index (κ2) is 4.94. The third-order valence-electron chi connectivity index (χ3n) is 4.00. The molecule has 1 saturated carbocycles. The fraction of sp³-hybridized carbons (Fsp3) is 0.667. The van der Waals surface area contributed by atoms with E-state index in [1.807, 2.05) is 0 Å². The van der Waals surface area contributed by atoms with Crippen LogP contribution < -0.4 is 5.32 Å². The number of aromatic nitrogens is 2. The molecule has 1 heterocycles. The van der Waals surface area contributed by atoms with Crippen LogP contribution in [0.1, 0.15) is 46.6 Å². The van der Waals surface area contributed by atoms with Gasteiger partial charge in [0.05, 0.1) is 6.61 Å². The predicted octanol–water partition coefficient (Wildman–Crippen LogP) is 2.48. The molecule has 6 heteroatoms. The first-order valence-electron chi connectivity index (χ1n) is 7.03. The van der Waals surface area contributed by atoms with E-state index in [-0.39, 0.29) is 23.4 Å². The Morgan fingerprint density at radius 3 is 2.29 bits per heavy atom. The molecule has 1 aromatic heterocycles. The van der Waals surface area contributed by atoms with Crippen LogP contribution >= 0.6 is 0 Å². The Morgan fingerprint density at radius 2 is 1.90 bits per heavy atom. The third kappa shape index (κ3) is 3.15. The Labute approximate surface area is 124 Å². The molecule has 6 nitrogen and oxygen atoms in total. The van der Waals surface area contributed by atoms with E-state index in [4.69, 9.17) is 4.74 Å². The number of carbonyl (C=O) groups is 1. The lowest BCUT2D eigenvalue weighted by Crippen LogP contribution is -2.28. The van der Waals surface area contributed by atoms with Gasteiger partial charge in [0.1, 0.15) is 5.60 Å². The van der Waals surface area contributed by atoms with Crippen LogP contribution in [0.4, 0.5) is 10.7 Å². The van der Waals surface area contributed by atoms with Gasteiger partial charge < -0.3 is 9.84 Å². The van der Waals surface area contributed by atoms with Crippen molar-refractivity contribution < 1.29 is 14.6 Å². The Kier molecular flexibility index (Phi) is 3.70. The Bertz CT molecular complexity index is 534. The number of hydrogen-bond donors (Lipinski definition) is 2. The van der Waals surface area contributed by atoms with Gasteiger partial charge in [0.25, 0.3) is 0 Å². The third-order valence-corrected chi connectivity index (χ3v) is 4.00. The second-order valence-electron chi connectivity index (χ2n) is 7.22. The molecule has 0 bridgehead atoms. The number of nitrogens with one attached hydrogen (secondary N) is 1. The average molecular weight is 293 g/mol. The quantitative estimate of drug-likeness (QED) is 0.894. The van der Waals surface area contributed by atoms with Gasteiger partial charge in [0.2, 0.25) is 5.95 Å². The molecule has 1 fully saturated rings. The largest absolute Gasteiger partial charge is 0.444 e. The zero-order chi connectivity index (χ0) is 15.9. The minimum absolute atomic E-state index is 0.0468. The van der Waals surface area contributed by atoms with E-state index in [2.05, 4.69) is 29.1 Å². The molecule has 1 amide bonds. The maximum atomic E-state index is 11.6. The van der Waals surface area contributed by atoms with Crippen molar-refractivity contribution in [1.82, 2.24) is 9.97 Å². The van der Waals surface area contributed by atoms with Gasteiger partial charge in [-0.1, -0.05) is 13.8 Å². The zero-order valence-electron chi connectivity index (χ0n) is 13.2. The standard InChI is InChI=1S/C15H23N3O3/c1-13(2,3)21-12(20)18-11-16-6-10(7-17-11)15(9-19)8-14(15,4)5/h6-7,19H,8-9H2,1-5H3,(H,16,17,18,20). The molecular weight excluding hydrogens is 270 g/mol. The predicted molar refractivity (Wildman–Crippen MR) is 79.1 cm³/mol. The van der Waals surface area contributed by atoms with Crippen LogP contribution in [-0.4, -0.2) is 33.4 Å².